The third-order valence-corrected chi connectivity index (χ3v) is 3.73. The summed E-state index contributed by atoms with van der Waals surface area (Å²) >= 11 is 0. The molecule has 0 saturated carbocycles. The lowest BCUT2D eigenvalue weighted by Gasteiger charge is -2.19. The molecule has 2 N–H and O–H groups in total. The number of hydrogen-bond donors (Lipinski definition) is 2. The van der Waals surface area contributed by atoms with Crippen molar-refractivity contribution in [3.63, 3.8) is 0 Å². The summed E-state index contributed by atoms with van der Waals surface area (Å²) in [5.41, 5.74) is 1.86. The quantitative estimate of drug-likeness (QED) is 0.718. The molecular weight excluding hydrogens is 316 g/mol. The van der Waals surface area contributed by atoms with E-state index in [1.807, 2.05) is 30.1 Å². The van der Waals surface area contributed by atoms with E-state index in [-0.39, 0.29) is 5.56 Å². The predicted molar refractivity (Wildman–Crippen MR) is 97.3 cm³/mol. The maximum absolute atomic E-state index is 11.3. The smallest absolute Gasteiger partial charge is 0.337 e. The van der Waals surface area contributed by atoms with Crippen molar-refractivity contribution in [2.45, 2.75) is 6.54 Å². The van der Waals surface area contributed by atoms with Gasteiger partial charge in [0.05, 0.1) is 11.3 Å². The Morgan fingerprint density at radius 1 is 1.08 bits per heavy atom. The molecule has 3 aromatic rings. The van der Waals surface area contributed by atoms with Crippen LogP contribution in [0, 0.1) is 0 Å². The van der Waals surface area contributed by atoms with Gasteiger partial charge in [-0.2, -0.15) is 0 Å². The van der Waals surface area contributed by atoms with Crippen LogP contribution in [0.1, 0.15) is 15.9 Å². The molecule has 0 bridgehead atoms. The minimum Gasteiger partial charge on any atom is -0.478 e. The zero-order valence-electron chi connectivity index (χ0n) is 13.8. The first-order valence-electron chi connectivity index (χ1n) is 7.80. The van der Waals surface area contributed by atoms with Crippen LogP contribution < -0.4 is 10.2 Å². The van der Waals surface area contributed by atoms with Gasteiger partial charge in [-0.25, -0.2) is 14.8 Å². The van der Waals surface area contributed by atoms with Crippen LogP contribution >= 0.6 is 0 Å². The number of aromatic nitrogens is 2. The third-order valence-electron chi connectivity index (χ3n) is 3.73. The molecule has 0 atom stereocenters. The van der Waals surface area contributed by atoms with Gasteiger partial charge in [0, 0.05) is 19.7 Å². The molecule has 0 aliphatic carbocycles. The fraction of sp³-hybridized carbons (Fsp3) is 0.105. The number of rotatable bonds is 6. The summed E-state index contributed by atoms with van der Waals surface area (Å²) in [6, 6.07) is 18.6. The summed E-state index contributed by atoms with van der Waals surface area (Å²) in [5.74, 6) is 0.298. The van der Waals surface area contributed by atoms with Gasteiger partial charge >= 0.3 is 5.97 Å². The molecule has 0 unspecified atom stereocenters. The molecule has 126 valence electrons. The lowest BCUT2D eigenvalue weighted by molar-refractivity contribution is 0.0698. The van der Waals surface area contributed by atoms with Crippen LogP contribution in [0.5, 0.6) is 0 Å². The standard InChI is InChI=1S/C19H18N4O2/c1-23(12-14-7-3-2-4-8-14)18-11-17(20-13-21-18)22-16-10-6-5-9-15(16)19(24)25/h2-11,13H,12H2,1H3,(H,24,25)(H,20,21,22). The number of anilines is 3. The van der Waals surface area contributed by atoms with Crippen molar-refractivity contribution in [1.82, 2.24) is 9.97 Å². The number of para-hydroxylation sites is 1. The minimum absolute atomic E-state index is 0.195. The summed E-state index contributed by atoms with van der Waals surface area (Å²) in [4.78, 5) is 21.8. The van der Waals surface area contributed by atoms with E-state index >= 15 is 0 Å². The highest BCUT2D eigenvalue weighted by molar-refractivity contribution is 5.95. The summed E-state index contributed by atoms with van der Waals surface area (Å²) in [6.45, 7) is 0.711. The van der Waals surface area contributed by atoms with E-state index in [1.165, 1.54) is 11.9 Å². The van der Waals surface area contributed by atoms with Crippen LogP contribution in [0.2, 0.25) is 0 Å². The van der Waals surface area contributed by atoms with Crippen LogP contribution in [0.15, 0.2) is 67.0 Å². The molecule has 0 aliphatic heterocycles. The van der Waals surface area contributed by atoms with Crippen LogP contribution in [0.25, 0.3) is 0 Å². The van der Waals surface area contributed by atoms with Gasteiger partial charge in [-0.3, -0.25) is 0 Å². The maximum atomic E-state index is 11.3. The SMILES string of the molecule is CN(Cc1ccccc1)c1cc(Nc2ccccc2C(=O)O)ncn1. The van der Waals surface area contributed by atoms with Crippen molar-refractivity contribution in [3.05, 3.63) is 78.1 Å². The van der Waals surface area contributed by atoms with E-state index in [2.05, 4.69) is 27.4 Å². The number of aromatic carboxylic acids is 1. The Kier molecular flexibility index (Phi) is 4.89. The molecular formula is C19H18N4O2. The second-order valence-electron chi connectivity index (χ2n) is 5.58. The Balaban J connectivity index is 1.79. The molecule has 2 aromatic carbocycles. The normalized spacial score (nSPS) is 10.3. The van der Waals surface area contributed by atoms with Crippen LogP contribution in [-0.4, -0.2) is 28.1 Å². The monoisotopic (exact) mass is 334 g/mol. The molecule has 0 fully saturated rings. The number of nitrogens with zero attached hydrogens (tertiary/aromatic N) is 3. The molecule has 3 rings (SSSR count). The Labute approximate surface area is 145 Å². The number of benzene rings is 2. The van der Waals surface area contributed by atoms with Gasteiger partial charge in [0.1, 0.15) is 18.0 Å². The van der Waals surface area contributed by atoms with E-state index in [4.69, 9.17) is 0 Å². The zero-order valence-corrected chi connectivity index (χ0v) is 13.8. The number of carboxylic acid groups (broad SMARTS) is 1. The van der Waals surface area contributed by atoms with Crippen molar-refractivity contribution in [1.29, 1.82) is 0 Å². The lowest BCUT2D eigenvalue weighted by Crippen LogP contribution is -2.18. The average Bonchev–Trinajstić information content (AvgIpc) is 2.63. The van der Waals surface area contributed by atoms with Crippen LogP contribution in [0.3, 0.4) is 0 Å². The Morgan fingerprint density at radius 3 is 2.56 bits per heavy atom. The van der Waals surface area contributed by atoms with Crippen molar-refractivity contribution in [2.24, 2.45) is 0 Å². The van der Waals surface area contributed by atoms with Gasteiger partial charge in [-0.05, 0) is 17.7 Å². The van der Waals surface area contributed by atoms with E-state index in [0.717, 1.165) is 5.82 Å². The van der Waals surface area contributed by atoms with Crippen molar-refractivity contribution < 1.29 is 9.90 Å². The second kappa shape index (κ2) is 7.44. The van der Waals surface area contributed by atoms with Crippen molar-refractivity contribution in [2.75, 3.05) is 17.3 Å². The van der Waals surface area contributed by atoms with Gasteiger partial charge in [0.25, 0.3) is 0 Å². The number of nitrogens with one attached hydrogen (secondary N) is 1. The number of hydrogen-bond acceptors (Lipinski definition) is 5. The van der Waals surface area contributed by atoms with Gasteiger partial charge in [-0.1, -0.05) is 42.5 Å². The second-order valence-corrected chi connectivity index (χ2v) is 5.58. The van der Waals surface area contributed by atoms with E-state index in [0.29, 0.717) is 18.1 Å². The van der Waals surface area contributed by atoms with Gasteiger partial charge < -0.3 is 15.3 Å². The highest BCUT2D eigenvalue weighted by Crippen LogP contribution is 2.22. The summed E-state index contributed by atoms with van der Waals surface area (Å²) in [6.07, 6.45) is 1.46. The molecule has 0 amide bonds. The highest BCUT2D eigenvalue weighted by Gasteiger charge is 2.11. The fourth-order valence-corrected chi connectivity index (χ4v) is 2.48. The van der Waals surface area contributed by atoms with Crippen molar-refractivity contribution in [3.8, 4) is 0 Å². The summed E-state index contributed by atoms with van der Waals surface area (Å²) < 4.78 is 0. The van der Waals surface area contributed by atoms with E-state index in [9.17, 15) is 9.90 Å². The summed E-state index contributed by atoms with van der Waals surface area (Å²) in [5, 5.41) is 12.3. The van der Waals surface area contributed by atoms with Gasteiger partial charge in [0.15, 0.2) is 0 Å². The molecule has 6 nitrogen and oxygen atoms in total. The van der Waals surface area contributed by atoms with E-state index < -0.39 is 5.97 Å². The summed E-state index contributed by atoms with van der Waals surface area (Å²) in [7, 11) is 1.95. The highest BCUT2D eigenvalue weighted by atomic mass is 16.4. The topological polar surface area (TPSA) is 78.4 Å². The van der Waals surface area contributed by atoms with Gasteiger partial charge in [0.2, 0.25) is 0 Å². The van der Waals surface area contributed by atoms with Crippen LogP contribution in [-0.2, 0) is 6.54 Å². The molecule has 0 aliphatic rings. The largest absolute Gasteiger partial charge is 0.478 e. The lowest BCUT2D eigenvalue weighted by atomic mass is 10.2. The molecule has 0 radical (unpaired) electrons. The zero-order chi connectivity index (χ0) is 17.6. The number of carboxylic acids is 1. The first kappa shape index (κ1) is 16.4. The Morgan fingerprint density at radius 2 is 1.80 bits per heavy atom. The third kappa shape index (κ3) is 4.11. The Hall–Kier alpha value is -3.41. The first-order valence-corrected chi connectivity index (χ1v) is 7.80. The fourth-order valence-electron chi connectivity index (χ4n) is 2.48. The van der Waals surface area contributed by atoms with E-state index in [1.54, 1.807) is 30.3 Å². The van der Waals surface area contributed by atoms with Crippen molar-refractivity contribution >= 4 is 23.3 Å². The molecule has 25 heavy (non-hydrogen) atoms. The number of carbonyl (C=O) groups is 1. The predicted octanol–water partition coefficient (Wildman–Crippen LogP) is 3.55. The molecule has 0 saturated heterocycles. The molecule has 0 spiro atoms. The average molecular weight is 334 g/mol. The maximum Gasteiger partial charge on any atom is 0.337 e. The van der Waals surface area contributed by atoms with Crippen LogP contribution in [0.4, 0.5) is 17.3 Å². The van der Waals surface area contributed by atoms with Gasteiger partial charge in [-0.15, -0.1) is 0 Å². The minimum atomic E-state index is -0.987. The molecule has 1 heterocycles. The Bertz CT molecular complexity index is 868. The first-order chi connectivity index (χ1) is 12.1. The molecule has 1 aromatic heterocycles. The molecule has 6 heteroatoms.